The van der Waals surface area contributed by atoms with Crippen LogP contribution in [0.15, 0.2) is 47.5 Å². The van der Waals surface area contributed by atoms with Gasteiger partial charge < -0.3 is 15.4 Å². The summed E-state index contributed by atoms with van der Waals surface area (Å²) in [5.74, 6) is -0.110. The minimum Gasteiger partial charge on any atom is -0.444 e. The van der Waals surface area contributed by atoms with Crippen molar-refractivity contribution in [1.82, 2.24) is 10.3 Å². The smallest absolute Gasteiger partial charge is 0.407 e. The number of anilines is 2. The summed E-state index contributed by atoms with van der Waals surface area (Å²) in [6.45, 7) is 6.86. The van der Waals surface area contributed by atoms with E-state index in [0.717, 1.165) is 0 Å². The van der Waals surface area contributed by atoms with Gasteiger partial charge in [-0.1, -0.05) is 6.07 Å². The van der Waals surface area contributed by atoms with Crippen molar-refractivity contribution >= 4 is 33.5 Å². The molecule has 0 aliphatic heterocycles. The number of pyridine rings is 1. The third-order valence-corrected chi connectivity index (χ3v) is 4.76. The molecule has 0 bridgehead atoms. The zero-order chi connectivity index (χ0) is 21.7. The molecule has 0 saturated carbocycles. The molecule has 0 fully saturated rings. The Morgan fingerprint density at radius 1 is 1.07 bits per heavy atom. The van der Waals surface area contributed by atoms with Crippen molar-refractivity contribution in [1.29, 1.82) is 0 Å². The average molecular weight is 420 g/mol. The predicted molar refractivity (Wildman–Crippen MR) is 109 cm³/mol. The number of aromatic nitrogens is 1. The van der Waals surface area contributed by atoms with Crippen molar-refractivity contribution in [3.63, 3.8) is 0 Å². The minimum atomic E-state index is -3.83. The number of nitrogens with one attached hydrogen (secondary N) is 3. The van der Waals surface area contributed by atoms with Gasteiger partial charge in [0.2, 0.25) is 5.91 Å². The normalized spacial score (nSPS) is 11.4. The topological polar surface area (TPSA) is 126 Å². The summed E-state index contributed by atoms with van der Waals surface area (Å²) in [7, 11) is -3.83. The zero-order valence-corrected chi connectivity index (χ0v) is 17.5. The van der Waals surface area contributed by atoms with Gasteiger partial charge in [-0.15, -0.1) is 0 Å². The van der Waals surface area contributed by atoms with E-state index in [1.165, 1.54) is 43.5 Å². The number of hydrogen-bond acceptors (Lipinski definition) is 6. The van der Waals surface area contributed by atoms with Crippen LogP contribution in [0, 0.1) is 0 Å². The third-order valence-electron chi connectivity index (χ3n) is 3.38. The molecular weight excluding hydrogens is 396 g/mol. The van der Waals surface area contributed by atoms with E-state index in [2.05, 4.69) is 20.3 Å². The van der Waals surface area contributed by atoms with Crippen LogP contribution in [-0.2, 0) is 26.1 Å². The highest BCUT2D eigenvalue weighted by atomic mass is 32.2. The van der Waals surface area contributed by atoms with E-state index in [4.69, 9.17) is 4.74 Å². The molecule has 1 aromatic carbocycles. The summed E-state index contributed by atoms with van der Waals surface area (Å²) in [6, 6.07) is 8.89. The molecule has 9 nitrogen and oxygen atoms in total. The number of carbonyl (C=O) groups is 2. The van der Waals surface area contributed by atoms with Crippen molar-refractivity contribution in [3.05, 3.63) is 48.2 Å². The number of amides is 2. The lowest BCUT2D eigenvalue weighted by atomic mass is 10.2. The number of benzene rings is 1. The maximum atomic E-state index is 12.5. The van der Waals surface area contributed by atoms with Crippen LogP contribution in [0.25, 0.3) is 0 Å². The van der Waals surface area contributed by atoms with Crippen LogP contribution < -0.4 is 15.4 Å². The van der Waals surface area contributed by atoms with Crippen molar-refractivity contribution in [2.75, 3.05) is 10.0 Å². The average Bonchev–Trinajstić information content (AvgIpc) is 2.59. The monoisotopic (exact) mass is 420 g/mol. The fraction of sp³-hybridized carbons (Fsp3) is 0.316. The summed E-state index contributed by atoms with van der Waals surface area (Å²) >= 11 is 0. The molecule has 0 atom stereocenters. The quantitative estimate of drug-likeness (QED) is 0.660. The van der Waals surface area contributed by atoms with Crippen LogP contribution in [0.3, 0.4) is 0 Å². The van der Waals surface area contributed by atoms with Gasteiger partial charge in [-0.05, 0) is 56.7 Å². The van der Waals surface area contributed by atoms with E-state index >= 15 is 0 Å². The van der Waals surface area contributed by atoms with Gasteiger partial charge in [-0.3, -0.25) is 9.52 Å². The van der Waals surface area contributed by atoms with Gasteiger partial charge in [0, 0.05) is 25.4 Å². The lowest BCUT2D eigenvalue weighted by Crippen LogP contribution is -2.32. The van der Waals surface area contributed by atoms with Gasteiger partial charge in [0.1, 0.15) is 11.4 Å². The summed E-state index contributed by atoms with van der Waals surface area (Å²) in [6.07, 6.45) is 0.903. The molecule has 0 aliphatic rings. The summed E-state index contributed by atoms with van der Waals surface area (Å²) < 4.78 is 32.4. The van der Waals surface area contributed by atoms with Crippen LogP contribution in [0.2, 0.25) is 0 Å². The maximum Gasteiger partial charge on any atom is 0.407 e. The van der Waals surface area contributed by atoms with E-state index < -0.39 is 21.7 Å². The van der Waals surface area contributed by atoms with E-state index in [-0.39, 0.29) is 23.2 Å². The molecule has 1 aromatic heterocycles. The maximum absolute atomic E-state index is 12.5. The minimum absolute atomic E-state index is 0.0315. The molecule has 29 heavy (non-hydrogen) atoms. The number of hydrogen-bond donors (Lipinski definition) is 3. The van der Waals surface area contributed by atoms with E-state index in [1.807, 2.05) is 0 Å². The summed E-state index contributed by atoms with van der Waals surface area (Å²) in [4.78, 5) is 26.8. The van der Waals surface area contributed by atoms with Gasteiger partial charge in [0.05, 0.1) is 4.90 Å². The van der Waals surface area contributed by atoms with Crippen molar-refractivity contribution in [3.8, 4) is 0 Å². The molecule has 0 spiro atoms. The number of alkyl carbamates (subject to hydrolysis) is 1. The Bertz CT molecular complexity index is 965. The van der Waals surface area contributed by atoms with E-state index in [0.29, 0.717) is 11.3 Å². The molecule has 0 unspecified atom stereocenters. The summed E-state index contributed by atoms with van der Waals surface area (Å²) in [5, 5.41) is 5.16. The van der Waals surface area contributed by atoms with Crippen LogP contribution >= 0.6 is 0 Å². The SMILES string of the molecule is CC(=O)Nc1ccc(S(=O)(=O)Nc2ccc(CNC(=O)OC(C)(C)C)cn2)cc1. The molecule has 0 radical (unpaired) electrons. The highest BCUT2D eigenvalue weighted by Gasteiger charge is 2.16. The van der Waals surface area contributed by atoms with Crippen LogP contribution in [0.1, 0.15) is 33.3 Å². The molecular formula is C19H24N4O5S. The zero-order valence-electron chi connectivity index (χ0n) is 16.6. The highest BCUT2D eigenvalue weighted by molar-refractivity contribution is 7.92. The number of carbonyl (C=O) groups excluding carboxylic acids is 2. The van der Waals surface area contributed by atoms with Crippen molar-refractivity contribution < 1.29 is 22.7 Å². The Morgan fingerprint density at radius 2 is 1.72 bits per heavy atom. The van der Waals surface area contributed by atoms with E-state index in [1.54, 1.807) is 26.8 Å². The summed E-state index contributed by atoms with van der Waals surface area (Å²) in [5.41, 5.74) is 0.583. The molecule has 0 aliphatic carbocycles. The van der Waals surface area contributed by atoms with Gasteiger partial charge in [-0.2, -0.15) is 0 Å². The van der Waals surface area contributed by atoms with Gasteiger partial charge in [-0.25, -0.2) is 18.2 Å². The lowest BCUT2D eigenvalue weighted by Gasteiger charge is -2.19. The van der Waals surface area contributed by atoms with Crippen molar-refractivity contribution in [2.45, 2.75) is 44.7 Å². The first-order chi connectivity index (χ1) is 13.4. The molecule has 2 amide bonds. The fourth-order valence-electron chi connectivity index (χ4n) is 2.20. The number of sulfonamides is 1. The molecule has 2 aromatic rings. The first kappa shape index (κ1) is 22.2. The number of nitrogens with zero attached hydrogens (tertiary/aromatic N) is 1. The van der Waals surface area contributed by atoms with Crippen molar-refractivity contribution in [2.24, 2.45) is 0 Å². The molecule has 1 heterocycles. The van der Waals surface area contributed by atoms with Gasteiger partial charge in [0.25, 0.3) is 10.0 Å². The van der Waals surface area contributed by atoms with Crippen LogP contribution in [0.4, 0.5) is 16.3 Å². The lowest BCUT2D eigenvalue weighted by molar-refractivity contribution is -0.114. The predicted octanol–water partition coefficient (Wildman–Crippen LogP) is 2.87. The first-order valence-electron chi connectivity index (χ1n) is 8.77. The third kappa shape index (κ3) is 7.41. The number of rotatable bonds is 6. The first-order valence-corrected chi connectivity index (χ1v) is 10.3. The Balaban J connectivity index is 1.97. The second-order valence-corrected chi connectivity index (χ2v) is 8.90. The van der Waals surface area contributed by atoms with Gasteiger partial charge in [0.15, 0.2) is 0 Å². The van der Waals surface area contributed by atoms with Gasteiger partial charge >= 0.3 is 6.09 Å². The molecule has 10 heteroatoms. The standard InChI is InChI=1S/C19H24N4O5S/c1-13(24)22-15-6-8-16(9-7-15)29(26,27)23-17-10-5-14(11-20-17)12-21-18(25)28-19(2,3)4/h5-11H,12H2,1-4H3,(H,20,23)(H,21,25)(H,22,24). The Morgan fingerprint density at radius 3 is 2.24 bits per heavy atom. The molecule has 0 saturated heterocycles. The number of ether oxygens (including phenoxy) is 1. The Hall–Kier alpha value is -3.14. The second kappa shape index (κ2) is 8.91. The van der Waals surface area contributed by atoms with Crippen LogP contribution in [0.5, 0.6) is 0 Å². The molecule has 2 rings (SSSR count). The largest absolute Gasteiger partial charge is 0.444 e. The Kier molecular flexibility index (Phi) is 6.80. The highest BCUT2D eigenvalue weighted by Crippen LogP contribution is 2.17. The van der Waals surface area contributed by atoms with E-state index in [9.17, 15) is 18.0 Å². The fourth-order valence-corrected chi connectivity index (χ4v) is 3.20. The van der Waals surface area contributed by atoms with Crippen LogP contribution in [-0.4, -0.2) is 31.0 Å². The second-order valence-electron chi connectivity index (χ2n) is 7.22. The Labute approximate surface area is 169 Å². The molecule has 3 N–H and O–H groups in total. The molecule has 156 valence electrons.